The number of unbranched alkanes of at least 4 members (excludes halogenated alkanes) is 5. The molecule has 0 rings (SSSR count). The Morgan fingerprint density at radius 1 is 1.06 bits per heavy atom. The molecule has 0 saturated carbocycles. The predicted octanol–water partition coefficient (Wildman–Crippen LogP) is 3.50. The third kappa shape index (κ3) is 8.74. The Morgan fingerprint density at radius 3 is 2.29 bits per heavy atom. The molecule has 0 spiro atoms. The molecule has 0 aromatic rings. The summed E-state index contributed by atoms with van der Waals surface area (Å²) in [4.78, 5) is 13.5. The molecular weight excluding hydrogens is 212 g/mol. The second kappa shape index (κ2) is 11.4. The minimum atomic E-state index is 0.142. The maximum absolute atomic E-state index is 11.8. The number of carbonyl (C=O) groups is 1. The Kier molecular flexibility index (Phi) is 10.7. The second-order valence-corrected chi connectivity index (χ2v) is 4.49. The van der Waals surface area contributed by atoms with Crippen molar-refractivity contribution >= 4 is 5.91 Å². The molecule has 0 atom stereocenters. The minimum Gasteiger partial charge on any atom is -0.329 e. The van der Waals surface area contributed by atoms with Gasteiger partial charge in [0, 0.05) is 13.0 Å². The number of hydrogen-bond donors (Lipinski definition) is 0. The number of nitrogens with zero attached hydrogens (tertiary/aromatic N) is 2. The van der Waals surface area contributed by atoms with E-state index in [1.807, 2.05) is 6.92 Å². The molecule has 0 aliphatic heterocycles. The first-order valence-electron chi connectivity index (χ1n) is 6.91. The van der Waals surface area contributed by atoms with Gasteiger partial charge >= 0.3 is 0 Å². The van der Waals surface area contributed by atoms with Crippen molar-refractivity contribution in [3.05, 3.63) is 0 Å². The topological polar surface area (TPSA) is 44.1 Å². The lowest BCUT2D eigenvalue weighted by atomic mass is 10.1. The van der Waals surface area contributed by atoms with Gasteiger partial charge in [-0.1, -0.05) is 46.0 Å². The fourth-order valence-corrected chi connectivity index (χ4v) is 1.86. The number of rotatable bonds is 10. The lowest BCUT2D eigenvalue weighted by molar-refractivity contribution is -0.130. The molecule has 3 nitrogen and oxygen atoms in total. The van der Waals surface area contributed by atoms with Crippen LogP contribution < -0.4 is 0 Å². The lowest BCUT2D eigenvalue weighted by Crippen LogP contribution is -2.31. The highest BCUT2D eigenvalue weighted by Crippen LogP contribution is 2.08. The zero-order valence-corrected chi connectivity index (χ0v) is 11.4. The summed E-state index contributed by atoms with van der Waals surface area (Å²) >= 11 is 0. The van der Waals surface area contributed by atoms with Crippen LogP contribution in [0.1, 0.15) is 65.2 Å². The third-order valence-electron chi connectivity index (χ3n) is 2.85. The van der Waals surface area contributed by atoms with Crippen molar-refractivity contribution in [1.82, 2.24) is 4.90 Å². The molecule has 0 fully saturated rings. The van der Waals surface area contributed by atoms with E-state index < -0.39 is 0 Å². The van der Waals surface area contributed by atoms with Gasteiger partial charge in [-0.15, -0.1) is 0 Å². The molecule has 0 radical (unpaired) electrons. The average molecular weight is 238 g/mol. The van der Waals surface area contributed by atoms with Crippen molar-refractivity contribution in [2.24, 2.45) is 0 Å². The van der Waals surface area contributed by atoms with Crippen LogP contribution in [-0.2, 0) is 4.79 Å². The molecule has 0 aliphatic carbocycles. The molecule has 0 aromatic carbocycles. The Morgan fingerprint density at radius 2 is 1.71 bits per heavy atom. The second-order valence-electron chi connectivity index (χ2n) is 4.49. The maximum atomic E-state index is 11.8. The summed E-state index contributed by atoms with van der Waals surface area (Å²) in [7, 11) is 0. The Hall–Kier alpha value is -1.04. The molecule has 98 valence electrons. The molecule has 0 saturated heterocycles. The van der Waals surface area contributed by atoms with Crippen LogP contribution in [0.25, 0.3) is 0 Å². The molecule has 0 unspecified atom stereocenters. The van der Waals surface area contributed by atoms with Crippen LogP contribution in [0.4, 0.5) is 0 Å². The quantitative estimate of drug-likeness (QED) is 0.432. The van der Waals surface area contributed by atoms with Gasteiger partial charge in [-0.05, 0) is 12.8 Å². The van der Waals surface area contributed by atoms with E-state index >= 15 is 0 Å². The van der Waals surface area contributed by atoms with E-state index in [4.69, 9.17) is 5.26 Å². The Bertz CT molecular complexity index is 233. The van der Waals surface area contributed by atoms with Gasteiger partial charge in [0.15, 0.2) is 0 Å². The molecule has 0 aromatic heterocycles. The van der Waals surface area contributed by atoms with Crippen LogP contribution in [0.5, 0.6) is 0 Å². The van der Waals surface area contributed by atoms with Crippen LogP contribution >= 0.6 is 0 Å². The van der Waals surface area contributed by atoms with Crippen molar-refractivity contribution in [3.63, 3.8) is 0 Å². The monoisotopic (exact) mass is 238 g/mol. The summed E-state index contributed by atoms with van der Waals surface area (Å²) in [6, 6.07) is 2.06. The van der Waals surface area contributed by atoms with E-state index in [9.17, 15) is 4.79 Å². The van der Waals surface area contributed by atoms with Gasteiger partial charge in [0.1, 0.15) is 6.54 Å². The molecular formula is C14H26N2O. The standard InChI is InChI=1S/C14H26N2O/c1-3-5-6-7-8-9-10-14(17)16(12-4-2)13-11-15/h3-10,12-13H2,1-2H3. The molecule has 17 heavy (non-hydrogen) atoms. The molecule has 0 bridgehead atoms. The first-order chi connectivity index (χ1) is 8.26. The zero-order chi connectivity index (χ0) is 12.9. The van der Waals surface area contributed by atoms with E-state index in [0.717, 1.165) is 19.3 Å². The summed E-state index contributed by atoms with van der Waals surface area (Å²) in [6.07, 6.45) is 8.69. The highest BCUT2D eigenvalue weighted by Gasteiger charge is 2.10. The molecule has 3 heteroatoms. The third-order valence-corrected chi connectivity index (χ3v) is 2.85. The summed E-state index contributed by atoms with van der Waals surface area (Å²) in [5.41, 5.74) is 0. The first kappa shape index (κ1) is 16.0. The van der Waals surface area contributed by atoms with E-state index in [0.29, 0.717) is 13.0 Å². The average Bonchev–Trinajstić information content (AvgIpc) is 2.33. The number of hydrogen-bond acceptors (Lipinski definition) is 2. The van der Waals surface area contributed by atoms with Gasteiger partial charge in [0.05, 0.1) is 6.07 Å². The van der Waals surface area contributed by atoms with Crippen molar-refractivity contribution in [2.75, 3.05) is 13.1 Å². The summed E-state index contributed by atoms with van der Waals surface area (Å²) in [6.45, 7) is 5.18. The van der Waals surface area contributed by atoms with E-state index in [1.165, 1.54) is 25.7 Å². The van der Waals surface area contributed by atoms with Crippen LogP contribution in [0.15, 0.2) is 0 Å². The van der Waals surface area contributed by atoms with Crippen molar-refractivity contribution < 1.29 is 4.79 Å². The molecule has 0 heterocycles. The van der Waals surface area contributed by atoms with Gasteiger partial charge in [-0.2, -0.15) is 5.26 Å². The van der Waals surface area contributed by atoms with Gasteiger partial charge in [-0.3, -0.25) is 4.79 Å². The van der Waals surface area contributed by atoms with Gasteiger partial charge in [0.25, 0.3) is 0 Å². The van der Waals surface area contributed by atoms with Crippen LogP contribution in [0.3, 0.4) is 0 Å². The molecule has 0 aliphatic rings. The highest BCUT2D eigenvalue weighted by molar-refractivity contribution is 5.76. The molecule has 1 amide bonds. The Labute approximate surface area is 106 Å². The fraction of sp³-hybridized carbons (Fsp3) is 0.857. The number of amides is 1. The highest BCUT2D eigenvalue weighted by atomic mass is 16.2. The van der Waals surface area contributed by atoms with E-state index in [-0.39, 0.29) is 12.5 Å². The van der Waals surface area contributed by atoms with E-state index in [1.54, 1.807) is 4.90 Å². The first-order valence-corrected chi connectivity index (χ1v) is 6.91. The largest absolute Gasteiger partial charge is 0.329 e. The summed E-state index contributed by atoms with van der Waals surface area (Å²) in [5, 5.41) is 8.64. The summed E-state index contributed by atoms with van der Waals surface area (Å²) in [5.74, 6) is 0.142. The Balaban J connectivity index is 3.64. The smallest absolute Gasteiger partial charge is 0.223 e. The maximum Gasteiger partial charge on any atom is 0.223 e. The SMILES string of the molecule is CCCCCCCCC(=O)N(CC#N)CCC. The fourth-order valence-electron chi connectivity index (χ4n) is 1.86. The van der Waals surface area contributed by atoms with Crippen molar-refractivity contribution in [1.29, 1.82) is 5.26 Å². The van der Waals surface area contributed by atoms with Crippen LogP contribution in [0.2, 0.25) is 0 Å². The van der Waals surface area contributed by atoms with Gasteiger partial charge < -0.3 is 4.90 Å². The lowest BCUT2D eigenvalue weighted by Gasteiger charge is -2.18. The van der Waals surface area contributed by atoms with Crippen LogP contribution in [-0.4, -0.2) is 23.9 Å². The van der Waals surface area contributed by atoms with Gasteiger partial charge in [0.2, 0.25) is 5.91 Å². The zero-order valence-electron chi connectivity index (χ0n) is 11.4. The van der Waals surface area contributed by atoms with Gasteiger partial charge in [-0.25, -0.2) is 0 Å². The minimum absolute atomic E-state index is 0.142. The van der Waals surface area contributed by atoms with Crippen molar-refractivity contribution in [2.45, 2.75) is 65.2 Å². The van der Waals surface area contributed by atoms with Crippen LogP contribution in [0, 0.1) is 11.3 Å². The predicted molar refractivity (Wildman–Crippen MR) is 70.5 cm³/mol. The summed E-state index contributed by atoms with van der Waals surface area (Å²) < 4.78 is 0. The molecule has 0 N–H and O–H groups in total. The number of nitriles is 1. The van der Waals surface area contributed by atoms with Crippen molar-refractivity contribution in [3.8, 4) is 6.07 Å². The number of carbonyl (C=O) groups excluding carboxylic acids is 1. The normalized spacial score (nSPS) is 9.94. The van der Waals surface area contributed by atoms with E-state index in [2.05, 4.69) is 13.0 Å².